The number of carbonyl (C=O) groups excluding carboxylic acids is 3. The molecule has 3 amide bonds. The van der Waals surface area contributed by atoms with Crippen LogP contribution in [0.5, 0.6) is 0 Å². The summed E-state index contributed by atoms with van der Waals surface area (Å²) in [5, 5.41) is 2.79. The van der Waals surface area contributed by atoms with Gasteiger partial charge in [0.25, 0.3) is 5.91 Å². The number of hydrogen-bond donors (Lipinski definition) is 1. The Labute approximate surface area is 204 Å². The Hall–Kier alpha value is -2.03. The number of hydrogen-bond acceptors (Lipinski definition) is 5. The maximum Gasteiger partial charge on any atom is 0.254 e. The van der Waals surface area contributed by atoms with Crippen LogP contribution in [0.1, 0.15) is 34.3 Å². The maximum absolute atomic E-state index is 13.6. The Bertz CT molecular complexity index is 982. The minimum atomic E-state index is -0.597. The topological polar surface area (TPSA) is 73.0 Å². The Balaban J connectivity index is 1.51. The number of halogens is 1. The lowest BCUT2D eigenvalue weighted by atomic mass is 9.99. The first kappa shape index (κ1) is 24.1. The van der Waals surface area contributed by atoms with Gasteiger partial charge in [-0.3, -0.25) is 14.4 Å². The third-order valence-electron chi connectivity index (χ3n) is 6.65. The average Bonchev–Trinajstić information content (AvgIpc) is 3.36. The van der Waals surface area contributed by atoms with Crippen LogP contribution >= 0.6 is 23.4 Å². The standard InChI is InChI=1S/C24H31ClN4O3S/c1-27(2)24(32)19-13-18(26-22(30)20-6-7-21(25)33-20)14-29(19)23(31)17-5-4-15-8-10-28(3)11-9-16(15)12-17/h4-5,7,12,18-20H,6,8-11,13-14H2,1-3H3,(H,26,30)/t18-,19+,20+/m1/s1. The van der Waals surface area contributed by atoms with Crippen LogP contribution in [-0.4, -0.2) is 90.5 Å². The minimum absolute atomic E-state index is 0.101. The van der Waals surface area contributed by atoms with Gasteiger partial charge in [0.1, 0.15) is 6.04 Å². The monoisotopic (exact) mass is 490 g/mol. The van der Waals surface area contributed by atoms with E-state index in [9.17, 15) is 14.4 Å². The lowest BCUT2D eigenvalue weighted by Crippen LogP contribution is -2.45. The van der Waals surface area contributed by atoms with E-state index in [0.717, 1.165) is 25.9 Å². The number of carbonyl (C=O) groups is 3. The number of benzene rings is 1. The van der Waals surface area contributed by atoms with Crippen molar-refractivity contribution in [2.24, 2.45) is 0 Å². The molecule has 0 aromatic heterocycles. The van der Waals surface area contributed by atoms with Crippen molar-refractivity contribution in [1.82, 2.24) is 20.0 Å². The van der Waals surface area contributed by atoms with E-state index >= 15 is 0 Å². The summed E-state index contributed by atoms with van der Waals surface area (Å²) in [6, 6.07) is 5.04. The molecule has 0 aliphatic carbocycles. The van der Waals surface area contributed by atoms with Gasteiger partial charge in [0.05, 0.1) is 9.61 Å². The van der Waals surface area contributed by atoms with E-state index in [1.165, 1.54) is 27.8 Å². The average molecular weight is 491 g/mol. The zero-order valence-corrected chi connectivity index (χ0v) is 20.9. The van der Waals surface area contributed by atoms with Crippen LogP contribution in [0.2, 0.25) is 0 Å². The van der Waals surface area contributed by atoms with Gasteiger partial charge in [0, 0.05) is 45.3 Å². The molecule has 3 heterocycles. The van der Waals surface area contributed by atoms with Gasteiger partial charge in [-0.25, -0.2) is 0 Å². The third-order valence-corrected chi connectivity index (χ3v) is 8.16. The van der Waals surface area contributed by atoms with Crippen LogP contribution in [0.3, 0.4) is 0 Å². The first-order valence-corrected chi connectivity index (χ1v) is 12.6. The lowest BCUT2D eigenvalue weighted by Gasteiger charge is -2.26. The zero-order chi connectivity index (χ0) is 23.7. The molecule has 1 aromatic carbocycles. The molecular formula is C24H31ClN4O3S. The molecule has 0 spiro atoms. The minimum Gasteiger partial charge on any atom is -0.351 e. The summed E-state index contributed by atoms with van der Waals surface area (Å²) in [5.74, 6) is -0.389. The number of allylic oxidation sites excluding steroid dienone is 1. The maximum atomic E-state index is 13.6. The summed E-state index contributed by atoms with van der Waals surface area (Å²) in [7, 11) is 5.50. The van der Waals surface area contributed by atoms with Gasteiger partial charge in [-0.1, -0.05) is 23.7 Å². The Kier molecular flexibility index (Phi) is 7.36. The van der Waals surface area contributed by atoms with E-state index in [2.05, 4.69) is 17.3 Å². The van der Waals surface area contributed by atoms with E-state index in [-0.39, 0.29) is 29.0 Å². The van der Waals surface area contributed by atoms with Gasteiger partial charge in [0.2, 0.25) is 11.8 Å². The number of nitrogens with one attached hydrogen (secondary N) is 1. The van der Waals surface area contributed by atoms with E-state index < -0.39 is 6.04 Å². The predicted molar refractivity (Wildman–Crippen MR) is 131 cm³/mol. The second kappa shape index (κ2) is 10.1. The van der Waals surface area contributed by atoms with E-state index in [1.807, 2.05) is 24.3 Å². The molecule has 0 radical (unpaired) electrons. The molecule has 33 heavy (non-hydrogen) atoms. The fourth-order valence-electron chi connectivity index (χ4n) is 4.72. The Morgan fingerprint density at radius 2 is 1.88 bits per heavy atom. The summed E-state index contributed by atoms with van der Waals surface area (Å²) in [4.78, 5) is 44.6. The molecule has 0 bridgehead atoms. The van der Waals surface area contributed by atoms with E-state index in [4.69, 9.17) is 11.6 Å². The Morgan fingerprint density at radius 1 is 1.15 bits per heavy atom. The highest BCUT2D eigenvalue weighted by atomic mass is 35.5. The quantitative estimate of drug-likeness (QED) is 0.699. The first-order valence-electron chi connectivity index (χ1n) is 11.4. The van der Waals surface area contributed by atoms with Crippen LogP contribution in [0.25, 0.3) is 0 Å². The molecule has 7 nitrogen and oxygen atoms in total. The van der Waals surface area contributed by atoms with E-state index in [0.29, 0.717) is 29.3 Å². The molecule has 0 unspecified atom stereocenters. The third kappa shape index (κ3) is 5.39. The van der Waals surface area contributed by atoms with Crippen molar-refractivity contribution in [3.05, 3.63) is 45.3 Å². The fourth-order valence-corrected chi connectivity index (χ4v) is 5.96. The molecule has 4 rings (SSSR count). The summed E-state index contributed by atoms with van der Waals surface area (Å²) >= 11 is 7.35. The van der Waals surface area contributed by atoms with Crippen LogP contribution in [0.15, 0.2) is 28.6 Å². The summed E-state index contributed by atoms with van der Waals surface area (Å²) in [6.07, 6.45) is 4.71. The van der Waals surface area contributed by atoms with Gasteiger partial charge in [-0.2, -0.15) is 0 Å². The number of likely N-dealkylation sites (tertiary alicyclic amines) is 1. The van der Waals surface area contributed by atoms with Crippen molar-refractivity contribution < 1.29 is 14.4 Å². The van der Waals surface area contributed by atoms with E-state index in [1.54, 1.807) is 19.0 Å². The molecule has 3 aliphatic heterocycles. The molecule has 3 aliphatic rings. The Morgan fingerprint density at radius 3 is 2.55 bits per heavy atom. The van der Waals surface area contributed by atoms with Crippen molar-refractivity contribution in [2.75, 3.05) is 40.8 Å². The van der Waals surface area contributed by atoms with Gasteiger partial charge < -0.3 is 20.0 Å². The van der Waals surface area contributed by atoms with Gasteiger partial charge in [-0.05, 0) is 56.0 Å². The van der Waals surface area contributed by atoms with Crippen molar-refractivity contribution in [3.63, 3.8) is 0 Å². The second-order valence-electron chi connectivity index (χ2n) is 9.28. The highest BCUT2D eigenvalue weighted by molar-refractivity contribution is 8.06. The van der Waals surface area contributed by atoms with Crippen LogP contribution < -0.4 is 5.32 Å². The van der Waals surface area contributed by atoms with Gasteiger partial charge in [0.15, 0.2) is 0 Å². The SMILES string of the molecule is CN1CCc2ccc(C(=O)N3C[C@H](NC(=O)[C@@H]4CC=C(Cl)S4)C[C@H]3C(=O)N(C)C)cc2CC1. The van der Waals surface area contributed by atoms with Gasteiger partial charge >= 0.3 is 0 Å². The molecule has 1 aromatic rings. The summed E-state index contributed by atoms with van der Waals surface area (Å²) < 4.78 is 0.633. The van der Waals surface area contributed by atoms with Crippen molar-refractivity contribution in [2.45, 2.75) is 43.0 Å². The highest BCUT2D eigenvalue weighted by Crippen LogP contribution is 2.35. The molecule has 0 saturated carbocycles. The normalized spacial score (nSPS) is 25.3. The van der Waals surface area contributed by atoms with Crippen LogP contribution in [-0.2, 0) is 22.4 Å². The number of amides is 3. The van der Waals surface area contributed by atoms with Crippen LogP contribution in [0, 0.1) is 0 Å². The number of nitrogens with zero attached hydrogens (tertiary/aromatic N) is 3. The molecule has 9 heteroatoms. The molecule has 1 saturated heterocycles. The smallest absolute Gasteiger partial charge is 0.254 e. The number of fused-ring (bicyclic) bond motifs is 1. The summed E-state index contributed by atoms with van der Waals surface area (Å²) in [6.45, 7) is 2.28. The molecule has 1 fully saturated rings. The lowest BCUT2D eigenvalue weighted by molar-refractivity contribution is -0.132. The predicted octanol–water partition coefficient (Wildman–Crippen LogP) is 2.09. The number of likely N-dealkylation sites (N-methyl/N-ethyl adjacent to an activating group) is 2. The highest BCUT2D eigenvalue weighted by Gasteiger charge is 2.42. The number of thioether (sulfide) groups is 1. The molecule has 178 valence electrons. The van der Waals surface area contributed by atoms with Crippen molar-refractivity contribution in [3.8, 4) is 0 Å². The van der Waals surface area contributed by atoms with Crippen molar-refractivity contribution >= 4 is 41.1 Å². The number of rotatable bonds is 4. The largest absolute Gasteiger partial charge is 0.351 e. The zero-order valence-electron chi connectivity index (χ0n) is 19.3. The fraction of sp³-hybridized carbons (Fsp3) is 0.542. The second-order valence-corrected chi connectivity index (χ2v) is 11.2. The van der Waals surface area contributed by atoms with Crippen molar-refractivity contribution in [1.29, 1.82) is 0 Å². The summed E-state index contributed by atoms with van der Waals surface area (Å²) in [5.41, 5.74) is 3.08. The first-order chi connectivity index (χ1) is 15.7. The molecule has 3 atom stereocenters. The van der Waals surface area contributed by atoms with Gasteiger partial charge in [-0.15, -0.1) is 11.8 Å². The molecular weight excluding hydrogens is 460 g/mol. The molecule has 1 N–H and O–H groups in total. The van der Waals surface area contributed by atoms with Crippen LogP contribution in [0.4, 0.5) is 0 Å².